The molecular weight excluding hydrogens is 206 g/mol. The summed E-state index contributed by atoms with van der Waals surface area (Å²) in [7, 11) is 0. The van der Waals surface area contributed by atoms with Crippen LogP contribution < -0.4 is 0 Å². The Bertz CT molecular complexity index is 399. The van der Waals surface area contributed by atoms with Gasteiger partial charge in [-0.2, -0.15) is 0 Å². The van der Waals surface area contributed by atoms with E-state index in [1.165, 1.54) is 5.56 Å². The van der Waals surface area contributed by atoms with Gasteiger partial charge in [0, 0.05) is 11.6 Å². The van der Waals surface area contributed by atoms with Crippen LogP contribution in [0.25, 0.3) is 0 Å². The normalized spacial score (nSPS) is 14.2. The Balaban J connectivity index is 3.13. The molecule has 1 atom stereocenters. The van der Waals surface area contributed by atoms with Crippen molar-refractivity contribution in [2.75, 3.05) is 0 Å². The third-order valence-electron chi connectivity index (χ3n) is 2.79. The van der Waals surface area contributed by atoms with Gasteiger partial charge < -0.3 is 0 Å². The highest BCUT2D eigenvalue weighted by Crippen LogP contribution is 2.32. The Morgan fingerprint density at radius 2 is 1.88 bits per heavy atom. The number of aliphatic imine (C=N–C) groups is 1. The molecule has 1 aromatic rings. The first-order valence-electron chi connectivity index (χ1n) is 6.05. The van der Waals surface area contributed by atoms with Crippen LogP contribution in [0.3, 0.4) is 0 Å². The lowest BCUT2D eigenvalue weighted by Gasteiger charge is -2.21. The molecule has 0 spiro atoms. The summed E-state index contributed by atoms with van der Waals surface area (Å²) in [6.07, 6.45) is 6.07. The van der Waals surface area contributed by atoms with Crippen molar-refractivity contribution in [3.63, 3.8) is 0 Å². The molecule has 0 bridgehead atoms. The molecule has 0 heterocycles. The predicted octanol–water partition coefficient (Wildman–Crippen LogP) is 4.59. The molecule has 0 radical (unpaired) electrons. The number of benzene rings is 1. The van der Waals surface area contributed by atoms with Crippen LogP contribution in [-0.2, 0) is 0 Å². The van der Waals surface area contributed by atoms with E-state index in [1.807, 2.05) is 31.2 Å². The third kappa shape index (κ3) is 3.70. The lowest BCUT2D eigenvalue weighted by atomic mass is 9.85. The number of rotatable bonds is 5. The molecule has 1 aromatic carbocycles. The van der Waals surface area contributed by atoms with Crippen LogP contribution in [0.2, 0.25) is 0 Å². The van der Waals surface area contributed by atoms with E-state index in [1.54, 1.807) is 0 Å². The van der Waals surface area contributed by atoms with E-state index in [2.05, 4.69) is 49.8 Å². The van der Waals surface area contributed by atoms with Gasteiger partial charge in [-0.1, -0.05) is 56.3 Å². The standard InChI is InChI=1S/C16H21N/c1-5-6-12-15(17-4)16(13(2)3)14-10-8-7-9-11-14/h5-13,16H,4H2,1-3H3/b6-5-,15-12-. The van der Waals surface area contributed by atoms with E-state index in [-0.39, 0.29) is 0 Å². The maximum Gasteiger partial charge on any atom is 0.0473 e. The third-order valence-corrected chi connectivity index (χ3v) is 2.79. The van der Waals surface area contributed by atoms with Gasteiger partial charge in [0.2, 0.25) is 0 Å². The van der Waals surface area contributed by atoms with Crippen LogP contribution in [0.15, 0.2) is 59.2 Å². The summed E-state index contributed by atoms with van der Waals surface area (Å²) >= 11 is 0. The summed E-state index contributed by atoms with van der Waals surface area (Å²) < 4.78 is 0. The van der Waals surface area contributed by atoms with E-state index in [9.17, 15) is 0 Å². The lowest BCUT2D eigenvalue weighted by molar-refractivity contribution is 0.552. The zero-order chi connectivity index (χ0) is 12.7. The molecule has 0 aromatic heterocycles. The first-order chi connectivity index (χ1) is 8.20. The van der Waals surface area contributed by atoms with Gasteiger partial charge in [-0.05, 0) is 31.2 Å². The molecule has 0 amide bonds. The average molecular weight is 227 g/mol. The first kappa shape index (κ1) is 13.4. The number of hydrogen-bond donors (Lipinski definition) is 0. The summed E-state index contributed by atoms with van der Waals surface area (Å²) in [4.78, 5) is 4.18. The Kier molecular flexibility index (Phi) is 5.41. The second-order valence-electron chi connectivity index (χ2n) is 4.41. The van der Waals surface area contributed by atoms with Crippen molar-refractivity contribution in [1.82, 2.24) is 0 Å². The number of allylic oxidation sites excluding steroid dienone is 4. The monoisotopic (exact) mass is 227 g/mol. The van der Waals surface area contributed by atoms with Crippen molar-refractivity contribution in [1.29, 1.82) is 0 Å². The molecule has 0 N–H and O–H groups in total. The quantitative estimate of drug-likeness (QED) is 0.515. The van der Waals surface area contributed by atoms with Gasteiger partial charge in [-0.25, -0.2) is 0 Å². The highest BCUT2D eigenvalue weighted by molar-refractivity contribution is 5.37. The van der Waals surface area contributed by atoms with Crippen molar-refractivity contribution < 1.29 is 0 Å². The predicted molar refractivity (Wildman–Crippen MR) is 76.5 cm³/mol. The molecule has 17 heavy (non-hydrogen) atoms. The fourth-order valence-electron chi connectivity index (χ4n) is 2.01. The fourth-order valence-corrected chi connectivity index (χ4v) is 2.01. The molecule has 1 nitrogen and oxygen atoms in total. The molecule has 0 fully saturated rings. The van der Waals surface area contributed by atoms with Gasteiger partial charge in [-0.15, -0.1) is 0 Å². The molecule has 0 saturated heterocycles. The van der Waals surface area contributed by atoms with Gasteiger partial charge >= 0.3 is 0 Å². The van der Waals surface area contributed by atoms with Crippen molar-refractivity contribution in [3.05, 3.63) is 59.8 Å². The van der Waals surface area contributed by atoms with Crippen molar-refractivity contribution in [3.8, 4) is 0 Å². The average Bonchev–Trinajstić information content (AvgIpc) is 2.35. The number of nitrogens with zero attached hydrogens (tertiary/aromatic N) is 1. The molecule has 0 saturated carbocycles. The van der Waals surface area contributed by atoms with E-state index in [4.69, 9.17) is 0 Å². The maximum absolute atomic E-state index is 4.18. The minimum atomic E-state index is 0.310. The van der Waals surface area contributed by atoms with E-state index >= 15 is 0 Å². The minimum Gasteiger partial charge on any atom is -0.268 e. The topological polar surface area (TPSA) is 12.4 Å². The molecule has 0 aliphatic heterocycles. The van der Waals surface area contributed by atoms with Crippen molar-refractivity contribution >= 4 is 6.72 Å². The van der Waals surface area contributed by atoms with Crippen molar-refractivity contribution in [2.24, 2.45) is 10.9 Å². The van der Waals surface area contributed by atoms with E-state index in [0.29, 0.717) is 11.8 Å². The highest BCUT2D eigenvalue weighted by atomic mass is 14.7. The minimum absolute atomic E-state index is 0.310. The highest BCUT2D eigenvalue weighted by Gasteiger charge is 2.19. The van der Waals surface area contributed by atoms with Gasteiger partial charge in [0.25, 0.3) is 0 Å². The Labute approximate surface area is 105 Å². The summed E-state index contributed by atoms with van der Waals surface area (Å²) in [5.41, 5.74) is 2.33. The smallest absolute Gasteiger partial charge is 0.0473 e. The Morgan fingerprint density at radius 1 is 1.24 bits per heavy atom. The second-order valence-corrected chi connectivity index (χ2v) is 4.41. The van der Waals surface area contributed by atoms with Gasteiger partial charge in [-0.3, -0.25) is 4.99 Å². The zero-order valence-electron chi connectivity index (χ0n) is 10.9. The van der Waals surface area contributed by atoms with Crippen LogP contribution in [0.5, 0.6) is 0 Å². The fraction of sp³-hybridized carbons (Fsp3) is 0.312. The Hall–Kier alpha value is -1.63. The van der Waals surface area contributed by atoms with Crippen molar-refractivity contribution in [2.45, 2.75) is 26.7 Å². The molecule has 90 valence electrons. The van der Waals surface area contributed by atoms with E-state index in [0.717, 1.165) is 5.70 Å². The van der Waals surface area contributed by atoms with Crippen LogP contribution in [-0.4, -0.2) is 6.72 Å². The molecule has 1 rings (SSSR count). The number of hydrogen-bond acceptors (Lipinski definition) is 1. The summed E-state index contributed by atoms with van der Waals surface area (Å²) in [6, 6.07) is 10.5. The van der Waals surface area contributed by atoms with Gasteiger partial charge in [0.1, 0.15) is 0 Å². The van der Waals surface area contributed by atoms with Crippen LogP contribution >= 0.6 is 0 Å². The maximum atomic E-state index is 4.18. The van der Waals surface area contributed by atoms with E-state index < -0.39 is 0 Å². The summed E-state index contributed by atoms with van der Waals surface area (Å²) in [5.74, 6) is 0.810. The zero-order valence-corrected chi connectivity index (χ0v) is 10.9. The molecule has 0 aliphatic rings. The second kappa shape index (κ2) is 6.85. The SMILES string of the molecule is C=N/C(=C\C=C/C)C(c1ccccc1)C(C)C. The van der Waals surface area contributed by atoms with Crippen LogP contribution in [0.4, 0.5) is 0 Å². The lowest BCUT2D eigenvalue weighted by Crippen LogP contribution is -2.08. The van der Waals surface area contributed by atoms with Crippen LogP contribution in [0, 0.1) is 5.92 Å². The molecule has 1 unspecified atom stereocenters. The molecular formula is C16H21N. The van der Waals surface area contributed by atoms with Gasteiger partial charge in [0.15, 0.2) is 0 Å². The molecule has 0 aliphatic carbocycles. The summed E-state index contributed by atoms with van der Waals surface area (Å²) in [5, 5.41) is 0. The summed E-state index contributed by atoms with van der Waals surface area (Å²) in [6.45, 7) is 10.1. The van der Waals surface area contributed by atoms with Gasteiger partial charge in [0.05, 0.1) is 0 Å². The Morgan fingerprint density at radius 3 is 2.35 bits per heavy atom. The largest absolute Gasteiger partial charge is 0.268 e. The van der Waals surface area contributed by atoms with Crippen LogP contribution in [0.1, 0.15) is 32.3 Å². The molecule has 1 heteroatoms. The first-order valence-corrected chi connectivity index (χ1v) is 6.05.